The number of carboxylic acids is 1. The Labute approximate surface area is 328 Å². The summed E-state index contributed by atoms with van der Waals surface area (Å²) in [5, 5.41) is 8.86. The van der Waals surface area contributed by atoms with E-state index in [0.29, 0.717) is 12.8 Å². The average molecular weight is 790 g/mol. The number of nitrogens with two attached hydrogens (primary N) is 1. The number of phosphoric ester groups is 1. The van der Waals surface area contributed by atoms with Crippen LogP contribution in [0.4, 0.5) is 0 Å². The molecule has 0 saturated carbocycles. The van der Waals surface area contributed by atoms with Crippen molar-refractivity contribution in [3.8, 4) is 0 Å². The van der Waals surface area contributed by atoms with Gasteiger partial charge in [-0.25, -0.2) is 4.57 Å². The van der Waals surface area contributed by atoms with Crippen LogP contribution in [0.2, 0.25) is 0 Å². The maximum atomic E-state index is 12.6. The first-order chi connectivity index (χ1) is 26.1. The van der Waals surface area contributed by atoms with E-state index in [1.54, 1.807) is 0 Å². The second-order valence-corrected chi connectivity index (χ2v) is 16.3. The van der Waals surface area contributed by atoms with E-state index >= 15 is 0 Å². The molecule has 4 N–H and O–H groups in total. The highest BCUT2D eigenvalue weighted by molar-refractivity contribution is 7.47. The number of hydrogen-bond donors (Lipinski definition) is 3. The fraction of sp³-hybridized carbons (Fsp3) is 0.881. The summed E-state index contributed by atoms with van der Waals surface area (Å²) in [6, 6.07) is -1.52. The molecule has 0 fully saturated rings. The zero-order valence-corrected chi connectivity index (χ0v) is 35.2. The number of allylic oxidation sites excluding steroid dienone is 2. The van der Waals surface area contributed by atoms with E-state index in [1.807, 2.05) is 0 Å². The Hall–Kier alpha value is -1.78. The molecule has 3 atom stereocenters. The zero-order valence-electron chi connectivity index (χ0n) is 34.3. The van der Waals surface area contributed by atoms with Gasteiger partial charge in [-0.15, -0.1) is 0 Å². The number of aliphatic carboxylic acids is 1. The standard InChI is InChI=1S/C42H80NO10P/c1-3-5-7-9-11-12-13-14-15-16-17-18-19-20-21-22-23-24-25-26-28-30-32-34-41(45)53-38(36-51-54(48,49)52-37-39(43)42(46)47)35-50-40(44)33-31-29-27-10-8-6-4-2/h16-17,38-39H,3-15,18-37,43H2,1-2H3,(H,46,47)(H,48,49)/b17-16-. The van der Waals surface area contributed by atoms with Gasteiger partial charge < -0.3 is 25.2 Å². The van der Waals surface area contributed by atoms with E-state index in [2.05, 4.69) is 30.5 Å². The largest absolute Gasteiger partial charge is 0.480 e. The minimum absolute atomic E-state index is 0.164. The summed E-state index contributed by atoms with van der Waals surface area (Å²) in [5.74, 6) is -2.38. The van der Waals surface area contributed by atoms with Crippen LogP contribution in [0.15, 0.2) is 12.2 Å². The fourth-order valence-corrected chi connectivity index (χ4v) is 6.84. The molecule has 0 aliphatic heterocycles. The van der Waals surface area contributed by atoms with Gasteiger partial charge in [-0.3, -0.25) is 23.4 Å². The number of carbonyl (C=O) groups excluding carboxylic acids is 2. The molecule has 0 spiro atoms. The van der Waals surface area contributed by atoms with Crippen LogP contribution in [0.5, 0.6) is 0 Å². The predicted octanol–water partition coefficient (Wildman–Crippen LogP) is 11.3. The molecule has 0 aliphatic rings. The topological polar surface area (TPSA) is 172 Å². The van der Waals surface area contributed by atoms with E-state index in [0.717, 1.165) is 38.5 Å². The lowest BCUT2D eigenvalue weighted by Gasteiger charge is -2.20. The Morgan fingerprint density at radius 2 is 0.926 bits per heavy atom. The summed E-state index contributed by atoms with van der Waals surface area (Å²) in [6.45, 7) is 2.76. The van der Waals surface area contributed by atoms with Crippen molar-refractivity contribution < 1.29 is 47.5 Å². The first-order valence-corrected chi connectivity index (χ1v) is 23.2. The minimum atomic E-state index is -4.70. The molecule has 0 rings (SSSR count). The van der Waals surface area contributed by atoms with E-state index in [-0.39, 0.29) is 19.4 Å². The molecular weight excluding hydrogens is 709 g/mol. The molecule has 318 valence electrons. The lowest BCUT2D eigenvalue weighted by Crippen LogP contribution is -2.34. The third-order valence-electron chi connectivity index (χ3n) is 9.51. The second-order valence-electron chi connectivity index (χ2n) is 14.8. The van der Waals surface area contributed by atoms with Crippen molar-refractivity contribution in [3.63, 3.8) is 0 Å². The van der Waals surface area contributed by atoms with Crippen LogP contribution >= 0.6 is 7.82 Å². The van der Waals surface area contributed by atoms with Gasteiger partial charge in [0.25, 0.3) is 0 Å². The molecule has 0 aromatic heterocycles. The number of hydrogen-bond acceptors (Lipinski definition) is 9. The summed E-state index contributed by atoms with van der Waals surface area (Å²) < 4.78 is 32.5. The van der Waals surface area contributed by atoms with Crippen LogP contribution in [0, 0.1) is 0 Å². The Morgan fingerprint density at radius 1 is 0.556 bits per heavy atom. The summed E-state index contributed by atoms with van der Waals surface area (Å²) in [4.78, 5) is 45.7. The number of unbranched alkanes of at least 4 members (excludes halogenated alkanes) is 25. The number of carboxylic acid groups (broad SMARTS) is 1. The van der Waals surface area contributed by atoms with E-state index < -0.39 is 51.1 Å². The van der Waals surface area contributed by atoms with Crippen LogP contribution in [0.3, 0.4) is 0 Å². The molecule has 0 radical (unpaired) electrons. The Kier molecular flexibility index (Phi) is 36.9. The normalized spacial score (nSPS) is 13.9. The molecule has 12 heteroatoms. The van der Waals surface area contributed by atoms with Gasteiger partial charge in [-0.2, -0.15) is 0 Å². The highest BCUT2D eigenvalue weighted by atomic mass is 31.2. The lowest BCUT2D eigenvalue weighted by molar-refractivity contribution is -0.161. The van der Waals surface area contributed by atoms with Gasteiger partial charge in [-0.1, -0.05) is 167 Å². The van der Waals surface area contributed by atoms with E-state index in [1.165, 1.54) is 128 Å². The molecular formula is C42H80NO10P. The average Bonchev–Trinajstić information content (AvgIpc) is 3.14. The molecule has 54 heavy (non-hydrogen) atoms. The molecule has 0 saturated heterocycles. The summed E-state index contributed by atoms with van der Waals surface area (Å²) in [6.07, 6.45) is 37.4. The van der Waals surface area contributed by atoms with Gasteiger partial charge in [0, 0.05) is 12.8 Å². The quantitative estimate of drug-likeness (QED) is 0.0233. The number of esters is 2. The highest BCUT2D eigenvalue weighted by Crippen LogP contribution is 2.43. The molecule has 0 aromatic carbocycles. The SMILES string of the molecule is CCCCCCCCCC/C=C\CCCCCCCCCCCCCC(=O)OC(COC(=O)CCCCCCCCC)COP(=O)(O)OCC(N)C(=O)O. The fourth-order valence-electron chi connectivity index (χ4n) is 6.06. The van der Waals surface area contributed by atoms with Gasteiger partial charge in [0.2, 0.25) is 0 Å². The zero-order chi connectivity index (χ0) is 40.0. The summed E-state index contributed by atoms with van der Waals surface area (Å²) in [5.41, 5.74) is 5.32. The van der Waals surface area contributed by atoms with Gasteiger partial charge in [-0.05, 0) is 38.5 Å². The predicted molar refractivity (Wildman–Crippen MR) is 217 cm³/mol. The number of carbonyl (C=O) groups is 3. The van der Waals surface area contributed by atoms with Crippen molar-refractivity contribution in [1.82, 2.24) is 0 Å². The minimum Gasteiger partial charge on any atom is -0.480 e. The third-order valence-corrected chi connectivity index (χ3v) is 10.5. The molecule has 0 heterocycles. The third kappa shape index (κ3) is 37.2. The molecule has 0 amide bonds. The van der Waals surface area contributed by atoms with Crippen molar-refractivity contribution in [2.75, 3.05) is 19.8 Å². The first-order valence-electron chi connectivity index (χ1n) is 21.7. The maximum Gasteiger partial charge on any atom is 0.472 e. The number of rotatable bonds is 41. The highest BCUT2D eigenvalue weighted by Gasteiger charge is 2.28. The molecule has 0 bridgehead atoms. The molecule has 0 aromatic rings. The molecule has 11 nitrogen and oxygen atoms in total. The molecule has 0 aliphatic carbocycles. The van der Waals surface area contributed by atoms with Crippen molar-refractivity contribution in [2.24, 2.45) is 5.73 Å². The van der Waals surface area contributed by atoms with Gasteiger partial charge in [0.1, 0.15) is 12.6 Å². The second kappa shape index (κ2) is 38.1. The van der Waals surface area contributed by atoms with Gasteiger partial charge in [0.05, 0.1) is 13.2 Å². The molecule has 3 unspecified atom stereocenters. The van der Waals surface area contributed by atoms with Gasteiger partial charge >= 0.3 is 25.7 Å². The van der Waals surface area contributed by atoms with Crippen LogP contribution in [-0.4, -0.2) is 59.9 Å². The van der Waals surface area contributed by atoms with Gasteiger partial charge in [0.15, 0.2) is 6.10 Å². The van der Waals surface area contributed by atoms with E-state index in [4.69, 9.17) is 24.8 Å². The van der Waals surface area contributed by atoms with Crippen LogP contribution < -0.4 is 5.73 Å². The van der Waals surface area contributed by atoms with Crippen LogP contribution in [0.25, 0.3) is 0 Å². The first kappa shape index (κ1) is 52.2. The Bertz CT molecular complexity index is 979. The van der Waals surface area contributed by atoms with Crippen molar-refractivity contribution >= 4 is 25.7 Å². The Balaban J connectivity index is 4.14. The number of ether oxygens (including phenoxy) is 2. The number of phosphoric acid groups is 1. The van der Waals surface area contributed by atoms with Crippen molar-refractivity contribution in [2.45, 2.75) is 219 Å². The monoisotopic (exact) mass is 790 g/mol. The summed E-state index contributed by atoms with van der Waals surface area (Å²) in [7, 11) is -4.70. The Morgan fingerprint density at radius 3 is 1.35 bits per heavy atom. The van der Waals surface area contributed by atoms with Crippen LogP contribution in [0.1, 0.15) is 206 Å². The lowest BCUT2D eigenvalue weighted by atomic mass is 10.0. The maximum absolute atomic E-state index is 12.6. The van der Waals surface area contributed by atoms with E-state index in [9.17, 15) is 23.8 Å². The van der Waals surface area contributed by atoms with Crippen LogP contribution in [-0.2, 0) is 37.5 Å². The van der Waals surface area contributed by atoms with Crippen molar-refractivity contribution in [1.29, 1.82) is 0 Å². The van der Waals surface area contributed by atoms with Crippen molar-refractivity contribution in [3.05, 3.63) is 12.2 Å². The smallest absolute Gasteiger partial charge is 0.472 e. The summed E-state index contributed by atoms with van der Waals surface area (Å²) >= 11 is 0.